The van der Waals surface area contributed by atoms with Crippen LogP contribution in [0.1, 0.15) is 24.1 Å². The largest absolute Gasteiger partial charge is 0.324 e. The first-order chi connectivity index (χ1) is 9.38. The fourth-order valence-corrected chi connectivity index (χ4v) is 2.84. The number of anilines is 1. The van der Waals surface area contributed by atoms with Crippen LogP contribution in [0.3, 0.4) is 0 Å². The van der Waals surface area contributed by atoms with Crippen LogP contribution in [-0.4, -0.2) is 8.42 Å². The molecular formula is C15H18N2O2S. The summed E-state index contributed by atoms with van der Waals surface area (Å²) < 4.78 is 26.9. The summed E-state index contributed by atoms with van der Waals surface area (Å²) in [5, 5.41) is 0. The van der Waals surface area contributed by atoms with Crippen molar-refractivity contribution < 1.29 is 8.42 Å². The summed E-state index contributed by atoms with van der Waals surface area (Å²) in [4.78, 5) is 0.249. The van der Waals surface area contributed by atoms with Crippen molar-refractivity contribution in [1.82, 2.24) is 0 Å². The molecule has 20 heavy (non-hydrogen) atoms. The van der Waals surface area contributed by atoms with E-state index >= 15 is 0 Å². The molecule has 0 fully saturated rings. The van der Waals surface area contributed by atoms with Crippen molar-refractivity contribution in [3.63, 3.8) is 0 Å². The Bertz CT molecular complexity index is 675. The van der Waals surface area contributed by atoms with Gasteiger partial charge in [-0.3, -0.25) is 4.72 Å². The first-order valence-electron chi connectivity index (χ1n) is 6.33. The van der Waals surface area contributed by atoms with Crippen LogP contribution in [0.25, 0.3) is 0 Å². The van der Waals surface area contributed by atoms with E-state index in [0.717, 1.165) is 11.1 Å². The Morgan fingerprint density at radius 3 is 2.05 bits per heavy atom. The zero-order chi connectivity index (χ0) is 14.8. The van der Waals surface area contributed by atoms with Crippen molar-refractivity contribution in [3.05, 3.63) is 59.7 Å². The molecule has 0 aromatic heterocycles. The van der Waals surface area contributed by atoms with Gasteiger partial charge in [0.1, 0.15) is 0 Å². The summed E-state index contributed by atoms with van der Waals surface area (Å²) in [6.45, 7) is 3.79. The maximum absolute atomic E-state index is 12.2. The van der Waals surface area contributed by atoms with Crippen molar-refractivity contribution in [2.75, 3.05) is 4.72 Å². The van der Waals surface area contributed by atoms with Gasteiger partial charge in [0.25, 0.3) is 10.0 Å². The summed E-state index contributed by atoms with van der Waals surface area (Å²) in [7, 11) is -3.54. The van der Waals surface area contributed by atoms with Crippen LogP contribution in [0, 0.1) is 6.92 Å². The van der Waals surface area contributed by atoms with E-state index in [9.17, 15) is 8.42 Å². The molecule has 3 N–H and O–H groups in total. The summed E-state index contributed by atoms with van der Waals surface area (Å²) in [5.41, 5.74) is 8.26. The predicted molar refractivity (Wildman–Crippen MR) is 81.0 cm³/mol. The van der Waals surface area contributed by atoms with E-state index in [0.29, 0.717) is 5.69 Å². The predicted octanol–water partition coefficient (Wildman–Crippen LogP) is 2.82. The monoisotopic (exact) mass is 290 g/mol. The lowest BCUT2D eigenvalue weighted by molar-refractivity contribution is 0.601. The molecule has 2 aromatic carbocycles. The first kappa shape index (κ1) is 14.6. The minimum Gasteiger partial charge on any atom is -0.324 e. The number of hydrogen-bond donors (Lipinski definition) is 2. The van der Waals surface area contributed by atoms with E-state index in [1.54, 1.807) is 36.4 Å². The second-order valence-corrected chi connectivity index (χ2v) is 6.51. The van der Waals surface area contributed by atoms with Crippen molar-refractivity contribution in [3.8, 4) is 0 Å². The molecule has 106 valence electrons. The third-order valence-corrected chi connectivity index (χ3v) is 4.42. The van der Waals surface area contributed by atoms with E-state index in [1.165, 1.54) is 0 Å². The van der Waals surface area contributed by atoms with Gasteiger partial charge in [-0.2, -0.15) is 0 Å². The third-order valence-electron chi connectivity index (χ3n) is 3.02. The standard InChI is InChI=1S/C15H18N2O2S/c1-11-3-9-15(10-4-11)20(18,19)17-14-7-5-13(6-8-14)12(2)16/h3-10,12,17H,16H2,1-2H3. The Hall–Kier alpha value is -1.85. The van der Waals surface area contributed by atoms with Crippen LogP contribution in [0.15, 0.2) is 53.4 Å². The quantitative estimate of drug-likeness (QED) is 0.909. The van der Waals surface area contributed by atoms with Crippen LogP contribution in [-0.2, 0) is 10.0 Å². The van der Waals surface area contributed by atoms with E-state index in [1.807, 2.05) is 26.0 Å². The van der Waals surface area contributed by atoms with Gasteiger partial charge in [0.2, 0.25) is 0 Å². The minimum absolute atomic E-state index is 0.0715. The van der Waals surface area contributed by atoms with Crippen LogP contribution >= 0.6 is 0 Å². The lowest BCUT2D eigenvalue weighted by Gasteiger charge is -2.10. The molecule has 0 saturated heterocycles. The molecule has 5 heteroatoms. The van der Waals surface area contributed by atoms with Gasteiger partial charge in [-0.15, -0.1) is 0 Å². The van der Waals surface area contributed by atoms with Gasteiger partial charge in [0, 0.05) is 11.7 Å². The highest BCUT2D eigenvalue weighted by atomic mass is 32.2. The number of sulfonamides is 1. The molecule has 0 aliphatic heterocycles. The van der Waals surface area contributed by atoms with Gasteiger partial charge in [0.15, 0.2) is 0 Å². The topological polar surface area (TPSA) is 72.2 Å². The van der Waals surface area contributed by atoms with Crippen molar-refractivity contribution in [2.45, 2.75) is 24.8 Å². The molecule has 0 saturated carbocycles. The molecule has 1 atom stereocenters. The second-order valence-electron chi connectivity index (χ2n) is 4.83. The van der Waals surface area contributed by atoms with Gasteiger partial charge in [-0.1, -0.05) is 29.8 Å². The summed E-state index contributed by atoms with van der Waals surface area (Å²) in [5.74, 6) is 0. The fourth-order valence-electron chi connectivity index (χ4n) is 1.79. The zero-order valence-corrected chi connectivity index (χ0v) is 12.3. The Labute approximate surface area is 119 Å². The average molecular weight is 290 g/mol. The molecular weight excluding hydrogens is 272 g/mol. The van der Waals surface area contributed by atoms with Crippen molar-refractivity contribution in [2.24, 2.45) is 5.73 Å². The highest BCUT2D eigenvalue weighted by Gasteiger charge is 2.13. The van der Waals surface area contributed by atoms with E-state index in [2.05, 4.69) is 4.72 Å². The maximum atomic E-state index is 12.2. The van der Waals surface area contributed by atoms with Gasteiger partial charge in [0.05, 0.1) is 4.90 Å². The summed E-state index contributed by atoms with van der Waals surface area (Å²) in [6.07, 6.45) is 0. The molecule has 0 radical (unpaired) electrons. The zero-order valence-electron chi connectivity index (χ0n) is 11.5. The molecule has 0 heterocycles. The molecule has 0 aliphatic rings. The molecule has 0 spiro atoms. The van der Waals surface area contributed by atoms with Crippen molar-refractivity contribution >= 4 is 15.7 Å². The van der Waals surface area contributed by atoms with Crippen LogP contribution in [0.2, 0.25) is 0 Å². The van der Waals surface area contributed by atoms with Gasteiger partial charge in [-0.25, -0.2) is 8.42 Å². The Balaban J connectivity index is 2.22. The second kappa shape index (κ2) is 5.64. The van der Waals surface area contributed by atoms with Crippen LogP contribution in [0.4, 0.5) is 5.69 Å². The SMILES string of the molecule is Cc1ccc(S(=O)(=O)Nc2ccc(C(C)N)cc2)cc1. The molecule has 0 amide bonds. The summed E-state index contributed by atoms with van der Waals surface area (Å²) in [6, 6.07) is 13.7. The van der Waals surface area contributed by atoms with Crippen LogP contribution < -0.4 is 10.5 Å². The number of hydrogen-bond acceptors (Lipinski definition) is 3. The summed E-state index contributed by atoms with van der Waals surface area (Å²) >= 11 is 0. The number of benzene rings is 2. The minimum atomic E-state index is -3.54. The van der Waals surface area contributed by atoms with Gasteiger partial charge in [-0.05, 0) is 43.7 Å². The number of rotatable bonds is 4. The Morgan fingerprint density at radius 2 is 1.55 bits per heavy atom. The number of aryl methyl sites for hydroxylation is 1. The molecule has 2 aromatic rings. The normalized spacial score (nSPS) is 12.9. The lowest BCUT2D eigenvalue weighted by atomic mass is 10.1. The highest BCUT2D eigenvalue weighted by molar-refractivity contribution is 7.92. The average Bonchev–Trinajstić information content (AvgIpc) is 2.39. The van der Waals surface area contributed by atoms with E-state index in [-0.39, 0.29) is 10.9 Å². The van der Waals surface area contributed by atoms with Crippen molar-refractivity contribution in [1.29, 1.82) is 0 Å². The van der Waals surface area contributed by atoms with Gasteiger partial charge >= 0.3 is 0 Å². The molecule has 0 aliphatic carbocycles. The highest BCUT2D eigenvalue weighted by Crippen LogP contribution is 2.18. The molecule has 0 bridgehead atoms. The van der Waals surface area contributed by atoms with E-state index < -0.39 is 10.0 Å². The number of nitrogens with two attached hydrogens (primary N) is 1. The first-order valence-corrected chi connectivity index (χ1v) is 7.82. The Kier molecular flexibility index (Phi) is 4.11. The lowest BCUT2D eigenvalue weighted by Crippen LogP contribution is -2.13. The Morgan fingerprint density at radius 1 is 1.00 bits per heavy atom. The van der Waals surface area contributed by atoms with Gasteiger partial charge < -0.3 is 5.73 Å². The smallest absolute Gasteiger partial charge is 0.261 e. The molecule has 4 nitrogen and oxygen atoms in total. The van der Waals surface area contributed by atoms with Crippen LogP contribution in [0.5, 0.6) is 0 Å². The van der Waals surface area contributed by atoms with E-state index in [4.69, 9.17) is 5.73 Å². The fraction of sp³-hybridized carbons (Fsp3) is 0.200. The molecule has 2 rings (SSSR count). The third kappa shape index (κ3) is 3.37. The molecule has 1 unspecified atom stereocenters. The number of nitrogens with one attached hydrogen (secondary N) is 1. The maximum Gasteiger partial charge on any atom is 0.261 e.